The number of hydrogen-bond acceptors (Lipinski definition) is 4. The number of nitrogen functional groups attached to an aromatic ring is 1. The molecule has 0 amide bonds. The molecule has 0 aliphatic carbocycles. The Hall–Kier alpha value is -2.04. The molecule has 0 radical (unpaired) electrons. The zero-order valence-corrected chi connectivity index (χ0v) is 11.1. The standard InChI is InChI=1S/C13H17N5/c1-7-11-10(16-8(2)18(11)4)9-5-6-15-13(14)12(9)17(7)3/h5-7H,1-4H3,(H2,14,15). The quantitative estimate of drug-likeness (QED) is 0.767. The highest BCUT2D eigenvalue weighted by atomic mass is 15.2. The molecule has 1 unspecified atom stereocenters. The van der Waals surface area contributed by atoms with Gasteiger partial charge in [-0.05, 0) is 19.9 Å². The van der Waals surface area contributed by atoms with E-state index in [9.17, 15) is 0 Å². The van der Waals surface area contributed by atoms with E-state index in [2.05, 4.69) is 33.4 Å². The Morgan fingerprint density at radius 2 is 2.06 bits per heavy atom. The van der Waals surface area contributed by atoms with E-state index >= 15 is 0 Å². The van der Waals surface area contributed by atoms with Gasteiger partial charge in [0.1, 0.15) is 11.6 Å². The molecule has 2 aromatic heterocycles. The number of rotatable bonds is 0. The summed E-state index contributed by atoms with van der Waals surface area (Å²) in [6, 6.07) is 2.23. The second kappa shape index (κ2) is 3.48. The number of imidazole rings is 1. The summed E-state index contributed by atoms with van der Waals surface area (Å²) >= 11 is 0. The van der Waals surface area contributed by atoms with E-state index in [0.717, 1.165) is 22.8 Å². The Balaban J connectivity index is 2.38. The summed E-state index contributed by atoms with van der Waals surface area (Å²) in [5.41, 5.74) is 10.3. The van der Waals surface area contributed by atoms with Gasteiger partial charge in [-0.2, -0.15) is 0 Å². The number of nitrogens with zero attached hydrogens (tertiary/aromatic N) is 4. The summed E-state index contributed by atoms with van der Waals surface area (Å²) in [7, 11) is 4.11. The summed E-state index contributed by atoms with van der Waals surface area (Å²) in [6.45, 7) is 4.19. The van der Waals surface area contributed by atoms with Gasteiger partial charge in [-0.3, -0.25) is 0 Å². The van der Waals surface area contributed by atoms with Crippen LogP contribution in [0.5, 0.6) is 0 Å². The minimum atomic E-state index is 0.241. The summed E-state index contributed by atoms with van der Waals surface area (Å²) in [6.07, 6.45) is 1.74. The van der Waals surface area contributed by atoms with Gasteiger partial charge >= 0.3 is 0 Å². The van der Waals surface area contributed by atoms with Crippen LogP contribution in [0.15, 0.2) is 12.3 Å². The van der Waals surface area contributed by atoms with Crippen LogP contribution < -0.4 is 10.6 Å². The summed E-state index contributed by atoms with van der Waals surface area (Å²) in [5, 5.41) is 0. The molecule has 2 N–H and O–H groups in total. The smallest absolute Gasteiger partial charge is 0.147 e. The van der Waals surface area contributed by atoms with Crippen molar-refractivity contribution in [3.05, 3.63) is 23.8 Å². The first-order valence-electron chi connectivity index (χ1n) is 6.03. The fourth-order valence-electron chi connectivity index (χ4n) is 2.71. The van der Waals surface area contributed by atoms with E-state index in [1.165, 1.54) is 5.69 Å². The van der Waals surface area contributed by atoms with Crippen molar-refractivity contribution in [3.63, 3.8) is 0 Å². The number of hydrogen-bond donors (Lipinski definition) is 1. The van der Waals surface area contributed by atoms with E-state index in [-0.39, 0.29) is 6.04 Å². The first-order valence-corrected chi connectivity index (χ1v) is 6.03. The predicted molar refractivity (Wildman–Crippen MR) is 72.4 cm³/mol. The number of nitrogens with two attached hydrogens (primary N) is 1. The van der Waals surface area contributed by atoms with Crippen molar-refractivity contribution < 1.29 is 0 Å². The number of aryl methyl sites for hydroxylation is 1. The van der Waals surface area contributed by atoms with Crippen molar-refractivity contribution in [2.24, 2.45) is 7.05 Å². The lowest BCUT2D eigenvalue weighted by Gasteiger charge is -2.34. The van der Waals surface area contributed by atoms with Gasteiger partial charge in [0.15, 0.2) is 0 Å². The molecule has 2 aromatic rings. The Labute approximate surface area is 106 Å². The monoisotopic (exact) mass is 243 g/mol. The maximum absolute atomic E-state index is 6.01. The molecule has 0 saturated carbocycles. The van der Waals surface area contributed by atoms with Gasteiger partial charge in [-0.25, -0.2) is 9.97 Å². The van der Waals surface area contributed by atoms with Crippen molar-refractivity contribution in [1.82, 2.24) is 14.5 Å². The molecular formula is C13H17N5. The number of fused-ring (bicyclic) bond motifs is 3. The largest absolute Gasteiger partial charge is 0.382 e. The third kappa shape index (κ3) is 1.21. The molecular weight excluding hydrogens is 226 g/mol. The van der Waals surface area contributed by atoms with Crippen molar-refractivity contribution in [2.45, 2.75) is 19.9 Å². The van der Waals surface area contributed by atoms with Gasteiger partial charge in [-0.15, -0.1) is 0 Å². The average molecular weight is 243 g/mol. The summed E-state index contributed by atoms with van der Waals surface area (Å²) in [5.74, 6) is 1.58. The molecule has 3 heterocycles. The van der Waals surface area contributed by atoms with Crippen LogP contribution in [0.2, 0.25) is 0 Å². The minimum Gasteiger partial charge on any atom is -0.382 e. The first kappa shape index (κ1) is 11.1. The number of pyridine rings is 1. The highest BCUT2D eigenvalue weighted by Gasteiger charge is 2.31. The molecule has 1 atom stereocenters. The van der Waals surface area contributed by atoms with E-state index < -0.39 is 0 Å². The average Bonchev–Trinajstić information content (AvgIpc) is 2.63. The maximum Gasteiger partial charge on any atom is 0.147 e. The van der Waals surface area contributed by atoms with Crippen LogP contribution in [-0.2, 0) is 7.05 Å². The third-order valence-electron chi connectivity index (χ3n) is 3.90. The fraction of sp³-hybridized carbons (Fsp3) is 0.385. The van der Waals surface area contributed by atoms with Gasteiger partial charge < -0.3 is 15.2 Å². The van der Waals surface area contributed by atoms with E-state index in [1.807, 2.05) is 20.0 Å². The van der Waals surface area contributed by atoms with Crippen molar-refractivity contribution in [2.75, 3.05) is 17.7 Å². The van der Waals surface area contributed by atoms with Crippen LogP contribution in [0.4, 0.5) is 11.5 Å². The normalized spacial score (nSPS) is 17.6. The molecule has 0 spiro atoms. The molecule has 94 valence electrons. The number of anilines is 2. The van der Waals surface area contributed by atoms with Crippen LogP contribution in [0, 0.1) is 6.92 Å². The molecule has 0 fully saturated rings. The zero-order chi connectivity index (χ0) is 13.0. The second-order valence-corrected chi connectivity index (χ2v) is 4.83. The van der Waals surface area contributed by atoms with Crippen molar-refractivity contribution in [3.8, 4) is 11.3 Å². The molecule has 1 aliphatic heterocycles. The van der Waals surface area contributed by atoms with E-state index in [4.69, 9.17) is 5.73 Å². The van der Waals surface area contributed by atoms with Crippen LogP contribution in [0.25, 0.3) is 11.3 Å². The highest BCUT2D eigenvalue weighted by molar-refractivity contribution is 5.87. The lowest BCUT2D eigenvalue weighted by molar-refractivity contribution is 0.658. The van der Waals surface area contributed by atoms with Gasteiger partial charge in [-0.1, -0.05) is 0 Å². The lowest BCUT2D eigenvalue weighted by atomic mass is 9.98. The first-order chi connectivity index (χ1) is 8.52. The Kier molecular flexibility index (Phi) is 2.14. The molecule has 0 saturated heterocycles. The predicted octanol–water partition coefficient (Wildman–Crippen LogP) is 1.88. The molecule has 5 nitrogen and oxygen atoms in total. The maximum atomic E-state index is 6.01. The third-order valence-corrected chi connectivity index (χ3v) is 3.90. The Bertz CT molecular complexity index is 629. The fourth-order valence-corrected chi connectivity index (χ4v) is 2.71. The second-order valence-electron chi connectivity index (χ2n) is 4.83. The van der Waals surface area contributed by atoms with Crippen molar-refractivity contribution in [1.29, 1.82) is 0 Å². The molecule has 18 heavy (non-hydrogen) atoms. The van der Waals surface area contributed by atoms with E-state index in [1.54, 1.807) is 6.20 Å². The lowest BCUT2D eigenvalue weighted by Crippen LogP contribution is -2.28. The Morgan fingerprint density at radius 1 is 1.33 bits per heavy atom. The van der Waals surface area contributed by atoms with Gasteiger partial charge in [0.2, 0.25) is 0 Å². The molecule has 0 aromatic carbocycles. The van der Waals surface area contributed by atoms with Crippen LogP contribution >= 0.6 is 0 Å². The molecule has 1 aliphatic rings. The van der Waals surface area contributed by atoms with Gasteiger partial charge in [0.25, 0.3) is 0 Å². The Morgan fingerprint density at radius 3 is 2.78 bits per heavy atom. The topological polar surface area (TPSA) is 60.0 Å². The summed E-state index contributed by atoms with van der Waals surface area (Å²) in [4.78, 5) is 11.0. The van der Waals surface area contributed by atoms with Gasteiger partial charge in [0.05, 0.1) is 23.1 Å². The van der Waals surface area contributed by atoms with Crippen molar-refractivity contribution >= 4 is 11.5 Å². The highest BCUT2D eigenvalue weighted by Crippen LogP contribution is 2.45. The summed E-state index contributed by atoms with van der Waals surface area (Å²) < 4.78 is 2.15. The molecule has 0 bridgehead atoms. The minimum absolute atomic E-state index is 0.241. The zero-order valence-electron chi connectivity index (χ0n) is 11.1. The molecule has 3 rings (SSSR count). The van der Waals surface area contributed by atoms with E-state index in [0.29, 0.717) is 5.82 Å². The molecule has 5 heteroatoms. The SMILES string of the molecule is Cc1nc2c(n1C)C(C)N(C)c1c-2ccnc1N. The number of aromatic nitrogens is 3. The van der Waals surface area contributed by atoms with Crippen LogP contribution in [0.3, 0.4) is 0 Å². The van der Waals surface area contributed by atoms with Crippen LogP contribution in [0.1, 0.15) is 24.5 Å². The van der Waals surface area contributed by atoms with Gasteiger partial charge in [0, 0.05) is 25.9 Å². The van der Waals surface area contributed by atoms with Crippen LogP contribution in [-0.4, -0.2) is 21.6 Å².